The Labute approximate surface area is 254 Å². The Bertz CT molecular complexity index is 2470. The van der Waals surface area contributed by atoms with Crippen LogP contribution in [-0.2, 0) is 0 Å². The second-order valence-electron chi connectivity index (χ2n) is 11.3. The average molecular weight is 562 g/mol. The van der Waals surface area contributed by atoms with E-state index < -0.39 is 0 Å². The molecule has 2 aromatic heterocycles. The Kier molecular flexibility index (Phi) is 5.50. The minimum Gasteiger partial charge on any atom is -0.309 e. The third kappa shape index (κ3) is 3.87. The van der Waals surface area contributed by atoms with Gasteiger partial charge in [0.25, 0.3) is 0 Å². The minimum absolute atomic E-state index is 0.944. The number of benzene rings is 7. The molecule has 0 amide bonds. The van der Waals surface area contributed by atoms with Crippen molar-refractivity contribution in [3.05, 3.63) is 164 Å². The van der Waals surface area contributed by atoms with E-state index in [1.165, 1.54) is 43.7 Å². The van der Waals surface area contributed by atoms with Crippen LogP contribution in [0.1, 0.15) is 0 Å². The summed E-state index contributed by atoms with van der Waals surface area (Å²) in [6.07, 6.45) is 0. The summed E-state index contributed by atoms with van der Waals surface area (Å²) >= 11 is 0. The molecule has 7 aromatic carbocycles. The molecular weight excluding hydrogens is 534 g/mol. The van der Waals surface area contributed by atoms with Crippen molar-refractivity contribution in [2.75, 3.05) is 0 Å². The van der Waals surface area contributed by atoms with Gasteiger partial charge in [0, 0.05) is 27.7 Å². The van der Waals surface area contributed by atoms with Crippen LogP contribution >= 0.6 is 0 Å². The first-order chi connectivity index (χ1) is 21.8. The lowest BCUT2D eigenvalue weighted by atomic mass is 10.0. The molecule has 2 heterocycles. The topological polar surface area (TPSA) is 22.8 Å². The first-order valence-electron chi connectivity index (χ1n) is 15.0. The number of hydrogen-bond acceptors (Lipinski definition) is 1. The number of hydrogen-bond donors (Lipinski definition) is 0. The van der Waals surface area contributed by atoms with Crippen molar-refractivity contribution in [2.45, 2.75) is 0 Å². The second-order valence-corrected chi connectivity index (χ2v) is 11.3. The third-order valence-corrected chi connectivity index (χ3v) is 8.66. The first-order valence-corrected chi connectivity index (χ1v) is 15.0. The number of aromatic nitrogens is 3. The monoisotopic (exact) mass is 561 g/mol. The lowest BCUT2D eigenvalue weighted by Crippen LogP contribution is -1.97. The van der Waals surface area contributed by atoms with Crippen LogP contribution in [0.25, 0.3) is 77.5 Å². The second kappa shape index (κ2) is 9.82. The van der Waals surface area contributed by atoms with Gasteiger partial charge >= 0.3 is 0 Å². The molecule has 0 bridgehead atoms. The zero-order valence-corrected chi connectivity index (χ0v) is 23.9. The van der Waals surface area contributed by atoms with E-state index in [9.17, 15) is 0 Å². The molecule has 0 aliphatic carbocycles. The fourth-order valence-electron chi connectivity index (χ4n) is 6.64. The molecule has 0 saturated carbocycles. The Morgan fingerprint density at radius 2 is 0.977 bits per heavy atom. The molecular formula is C41H27N3. The summed E-state index contributed by atoms with van der Waals surface area (Å²) < 4.78 is 4.69. The first kappa shape index (κ1) is 24.6. The predicted octanol–water partition coefficient (Wildman–Crippen LogP) is 10.6. The Balaban J connectivity index is 1.32. The maximum atomic E-state index is 5.21. The third-order valence-electron chi connectivity index (χ3n) is 8.66. The zero-order chi connectivity index (χ0) is 29.0. The van der Waals surface area contributed by atoms with Crippen LogP contribution in [-0.4, -0.2) is 14.1 Å². The van der Waals surface area contributed by atoms with Crippen LogP contribution < -0.4 is 0 Å². The minimum atomic E-state index is 0.944. The van der Waals surface area contributed by atoms with E-state index in [0.717, 1.165) is 33.8 Å². The molecule has 0 aliphatic heterocycles. The molecule has 44 heavy (non-hydrogen) atoms. The smallest absolute Gasteiger partial charge is 0.145 e. The average Bonchev–Trinajstić information content (AvgIpc) is 3.62. The predicted molar refractivity (Wildman–Crippen MR) is 184 cm³/mol. The van der Waals surface area contributed by atoms with Gasteiger partial charge < -0.3 is 4.57 Å². The molecule has 9 aromatic rings. The van der Waals surface area contributed by atoms with Gasteiger partial charge in [0.05, 0.1) is 22.1 Å². The zero-order valence-electron chi connectivity index (χ0n) is 23.9. The highest BCUT2D eigenvalue weighted by Crippen LogP contribution is 2.38. The summed E-state index contributed by atoms with van der Waals surface area (Å²) in [5.41, 5.74) is 10.2. The van der Waals surface area contributed by atoms with Gasteiger partial charge in [0.2, 0.25) is 0 Å². The fraction of sp³-hybridized carbons (Fsp3) is 0. The van der Waals surface area contributed by atoms with Gasteiger partial charge in [-0.2, -0.15) is 0 Å². The van der Waals surface area contributed by atoms with Gasteiger partial charge in [0.1, 0.15) is 5.82 Å². The Morgan fingerprint density at radius 3 is 1.77 bits per heavy atom. The van der Waals surface area contributed by atoms with E-state index in [-0.39, 0.29) is 0 Å². The summed E-state index contributed by atoms with van der Waals surface area (Å²) in [6, 6.07) is 58.4. The van der Waals surface area contributed by atoms with Crippen LogP contribution in [0.4, 0.5) is 0 Å². The number of fused-ring (bicyclic) bond motifs is 5. The molecule has 3 nitrogen and oxygen atoms in total. The van der Waals surface area contributed by atoms with E-state index in [0.29, 0.717) is 0 Å². The van der Waals surface area contributed by atoms with E-state index >= 15 is 0 Å². The molecule has 0 radical (unpaired) electrons. The molecule has 0 unspecified atom stereocenters. The largest absolute Gasteiger partial charge is 0.309 e. The van der Waals surface area contributed by atoms with E-state index in [2.05, 4.69) is 167 Å². The quantitative estimate of drug-likeness (QED) is 0.210. The SMILES string of the molecule is c1ccc(-c2cccc(-n3c4ccccc4c4cc5cc6c(cc5cc43)nc(-c3ccccc3)n6-c3ccccc3)c2)cc1. The molecule has 0 spiro atoms. The maximum Gasteiger partial charge on any atom is 0.145 e. The van der Waals surface area contributed by atoms with E-state index in [4.69, 9.17) is 4.98 Å². The van der Waals surface area contributed by atoms with Crippen LogP contribution in [0.5, 0.6) is 0 Å². The Morgan fingerprint density at radius 1 is 0.364 bits per heavy atom. The number of para-hydroxylation sites is 2. The summed E-state index contributed by atoms with van der Waals surface area (Å²) in [5, 5.41) is 4.86. The van der Waals surface area contributed by atoms with Crippen molar-refractivity contribution >= 4 is 43.6 Å². The molecule has 0 fully saturated rings. The summed E-state index contributed by atoms with van der Waals surface area (Å²) in [7, 11) is 0. The van der Waals surface area contributed by atoms with Gasteiger partial charge in [-0.05, 0) is 76.5 Å². The lowest BCUT2D eigenvalue weighted by molar-refractivity contribution is 1.10. The fourth-order valence-corrected chi connectivity index (χ4v) is 6.64. The van der Waals surface area contributed by atoms with Gasteiger partial charge in [-0.3, -0.25) is 4.57 Å². The van der Waals surface area contributed by atoms with Gasteiger partial charge in [0.15, 0.2) is 0 Å². The Hall–Kier alpha value is -5.93. The maximum absolute atomic E-state index is 5.21. The summed E-state index contributed by atoms with van der Waals surface area (Å²) in [5.74, 6) is 0.944. The standard InChI is InChI=1S/C41H27N3/c1-4-13-28(14-5-1)30-17-12-20-34(23-30)43-38-22-11-10-21-35(38)36-24-31-27-40-37(25-32(31)26-39(36)43)42-41(29-15-6-2-7-16-29)44(40)33-18-8-3-9-19-33/h1-27H. The van der Waals surface area contributed by atoms with Crippen LogP contribution in [0, 0.1) is 0 Å². The van der Waals surface area contributed by atoms with Crippen molar-refractivity contribution < 1.29 is 0 Å². The van der Waals surface area contributed by atoms with Crippen molar-refractivity contribution in [1.29, 1.82) is 0 Å². The molecule has 0 N–H and O–H groups in total. The molecule has 206 valence electrons. The summed E-state index contributed by atoms with van der Waals surface area (Å²) in [6.45, 7) is 0. The van der Waals surface area contributed by atoms with Crippen molar-refractivity contribution in [3.63, 3.8) is 0 Å². The van der Waals surface area contributed by atoms with Crippen molar-refractivity contribution in [2.24, 2.45) is 0 Å². The normalized spacial score (nSPS) is 11.6. The number of imidazole rings is 1. The molecule has 0 aliphatic rings. The highest BCUT2D eigenvalue weighted by Gasteiger charge is 2.18. The number of nitrogens with zero attached hydrogens (tertiary/aromatic N) is 3. The van der Waals surface area contributed by atoms with Crippen molar-refractivity contribution in [1.82, 2.24) is 14.1 Å². The van der Waals surface area contributed by atoms with Crippen LogP contribution in [0.3, 0.4) is 0 Å². The molecule has 3 heteroatoms. The van der Waals surface area contributed by atoms with Crippen LogP contribution in [0.2, 0.25) is 0 Å². The molecule has 0 atom stereocenters. The van der Waals surface area contributed by atoms with Crippen LogP contribution in [0.15, 0.2) is 164 Å². The van der Waals surface area contributed by atoms with Crippen molar-refractivity contribution in [3.8, 4) is 33.9 Å². The molecule has 9 rings (SSSR count). The number of rotatable bonds is 4. The lowest BCUT2D eigenvalue weighted by Gasteiger charge is -2.11. The van der Waals surface area contributed by atoms with Gasteiger partial charge in [-0.1, -0.05) is 109 Å². The molecule has 0 saturated heterocycles. The summed E-state index contributed by atoms with van der Waals surface area (Å²) in [4.78, 5) is 5.21. The van der Waals surface area contributed by atoms with E-state index in [1.54, 1.807) is 0 Å². The van der Waals surface area contributed by atoms with Gasteiger partial charge in [-0.15, -0.1) is 0 Å². The van der Waals surface area contributed by atoms with Gasteiger partial charge in [-0.25, -0.2) is 4.98 Å². The van der Waals surface area contributed by atoms with E-state index in [1.807, 2.05) is 6.07 Å². The highest BCUT2D eigenvalue weighted by molar-refractivity contribution is 6.15. The highest BCUT2D eigenvalue weighted by atomic mass is 15.1.